The molecule has 0 bridgehead atoms. The molecule has 0 spiro atoms. The zero-order chi connectivity index (χ0) is 23.1. The summed E-state index contributed by atoms with van der Waals surface area (Å²) in [5.41, 5.74) is 2.54. The van der Waals surface area contributed by atoms with E-state index in [4.69, 9.17) is 21.1 Å². The Morgan fingerprint density at radius 2 is 1.75 bits per heavy atom. The number of halogens is 1. The number of nitrogens with one attached hydrogen (secondary N) is 2. The Morgan fingerprint density at radius 1 is 0.969 bits per heavy atom. The molecule has 0 unspecified atom stereocenters. The first-order chi connectivity index (χ1) is 15.4. The first-order valence-corrected chi connectivity index (χ1v) is 11.1. The Kier molecular flexibility index (Phi) is 8.03. The number of aryl methyl sites for hydroxylation is 1. The van der Waals surface area contributed by atoms with Crippen LogP contribution < -0.4 is 20.1 Å². The van der Waals surface area contributed by atoms with Crippen molar-refractivity contribution >= 4 is 46.6 Å². The van der Waals surface area contributed by atoms with Gasteiger partial charge in [-0.15, -0.1) is 11.8 Å². The summed E-state index contributed by atoms with van der Waals surface area (Å²) in [5.74, 6) is 0.884. The highest BCUT2D eigenvalue weighted by atomic mass is 35.5. The molecule has 0 aliphatic carbocycles. The minimum atomic E-state index is -0.242. The van der Waals surface area contributed by atoms with Gasteiger partial charge in [-0.2, -0.15) is 0 Å². The van der Waals surface area contributed by atoms with Crippen molar-refractivity contribution in [1.82, 2.24) is 0 Å². The monoisotopic (exact) mass is 470 g/mol. The van der Waals surface area contributed by atoms with Gasteiger partial charge in [-0.1, -0.05) is 23.7 Å². The molecule has 3 rings (SSSR count). The molecule has 0 radical (unpaired) electrons. The van der Waals surface area contributed by atoms with Crippen molar-refractivity contribution in [1.29, 1.82) is 0 Å². The predicted molar refractivity (Wildman–Crippen MR) is 129 cm³/mol. The second-order valence-corrected chi connectivity index (χ2v) is 8.31. The molecule has 0 saturated heterocycles. The van der Waals surface area contributed by atoms with E-state index in [-0.39, 0.29) is 17.6 Å². The minimum absolute atomic E-state index is 0.180. The Morgan fingerprint density at radius 3 is 2.50 bits per heavy atom. The molecule has 3 aromatic carbocycles. The molecular formula is C24H23ClN2O4S. The van der Waals surface area contributed by atoms with Crippen LogP contribution in [0.3, 0.4) is 0 Å². The maximum Gasteiger partial charge on any atom is 0.255 e. The topological polar surface area (TPSA) is 76.7 Å². The fourth-order valence-corrected chi connectivity index (χ4v) is 3.80. The van der Waals surface area contributed by atoms with Gasteiger partial charge >= 0.3 is 0 Å². The number of anilines is 2. The number of hydrogen-bond acceptors (Lipinski definition) is 5. The molecule has 0 aliphatic rings. The summed E-state index contributed by atoms with van der Waals surface area (Å²) < 4.78 is 10.5. The summed E-state index contributed by atoms with van der Waals surface area (Å²) >= 11 is 7.48. The third-order valence-corrected chi connectivity index (χ3v) is 5.95. The number of carbonyl (C=O) groups is 2. The van der Waals surface area contributed by atoms with Crippen molar-refractivity contribution < 1.29 is 19.1 Å². The number of hydrogen-bond donors (Lipinski definition) is 2. The van der Waals surface area contributed by atoms with E-state index in [9.17, 15) is 9.59 Å². The Balaban J connectivity index is 1.61. The van der Waals surface area contributed by atoms with Crippen molar-refractivity contribution in [2.45, 2.75) is 11.8 Å². The molecule has 0 heterocycles. The van der Waals surface area contributed by atoms with E-state index < -0.39 is 0 Å². The summed E-state index contributed by atoms with van der Waals surface area (Å²) in [7, 11) is 3.08. The zero-order valence-corrected chi connectivity index (χ0v) is 19.5. The van der Waals surface area contributed by atoms with E-state index in [1.165, 1.54) is 18.9 Å². The third-order valence-electron chi connectivity index (χ3n) is 4.55. The second-order valence-electron chi connectivity index (χ2n) is 6.85. The van der Waals surface area contributed by atoms with E-state index in [0.717, 1.165) is 10.5 Å². The minimum Gasteiger partial charge on any atom is -0.497 e. The Bertz CT molecular complexity index is 1140. The van der Waals surface area contributed by atoms with Gasteiger partial charge < -0.3 is 20.1 Å². The van der Waals surface area contributed by atoms with Crippen LogP contribution in [0.1, 0.15) is 15.9 Å². The summed E-state index contributed by atoms with van der Waals surface area (Å²) in [6, 6.07) is 17.7. The van der Waals surface area contributed by atoms with E-state index in [1.54, 1.807) is 49.6 Å². The van der Waals surface area contributed by atoms with Gasteiger partial charge in [-0.05, 0) is 55.0 Å². The van der Waals surface area contributed by atoms with Gasteiger partial charge in [0, 0.05) is 27.2 Å². The van der Waals surface area contributed by atoms with E-state index in [2.05, 4.69) is 10.6 Å². The lowest BCUT2D eigenvalue weighted by Gasteiger charge is -2.12. The second kappa shape index (κ2) is 10.9. The quantitative estimate of drug-likeness (QED) is 0.416. The van der Waals surface area contributed by atoms with Crippen LogP contribution in [0.2, 0.25) is 5.02 Å². The smallest absolute Gasteiger partial charge is 0.255 e. The van der Waals surface area contributed by atoms with Gasteiger partial charge in [-0.3, -0.25) is 9.59 Å². The molecule has 0 atom stereocenters. The van der Waals surface area contributed by atoms with Crippen LogP contribution in [0.4, 0.5) is 11.4 Å². The number of thioether (sulfide) groups is 1. The van der Waals surface area contributed by atoms with Crippen LogP contribution in [0.5, 0.6) is 11.5 Å². The van der Waals surface area contributed by atoms with Gasteiger partial charge in [0.05, 0.1) is 25.7 Å². The maximum atomic E-state index is 12.5. The van der Waals surface area contributed by atoms with Crippen LogP contribution >= 0.6 is 23.4 Å². The van der Waals surface area contributed by atoms with E-state index >= 15 is 0 Å². The Hall–Kier alpha value is -3.16. The van der Waals surface area contributed by atoms with Crippen molar-refractivity contribution in [3.63, 3.8) is 0 Å². The van der Waals surface area contributed by atoms with Crippen molar-refractivity contribution in [2.24, 2.45) is 0 Å². The highest BCUT2D eigenvalue weighted by molar-refractivity contribution is 8.00. The predicted octanol–water partition coefficient (Wildman–Crippen LogP) is 5.65. The third kappa shape index (κ3) is 6.18. The lowest BCUT2D eigenvalue weighted by atomic mass is 10.2. The lowest BCUT2D eigenvalue weighted by Crippen LogP contribution is -2.15. The van der Waals surface area contributed by atoms with Gasteiger partial charge in [0.2, 0.25) is 5.91 Å². The van der Waals surface area contributed by atoms with Gasteiger partial charge in [-0.25, -0.2) is 0 Å². The van der Waals surface area contributed by atoms with Crippen LogP contribution in [-0.2, 0) is 4.79 Å². The van der Waals surface area contributed by atoms with Gasteiger partial charge in [0.15, 0.2) is 0 Å². The molecular weight excluding hydrogens is 448 g/mol. The molecule has 2 N–H and O–H groups in total. The SMILES string of the molecule is COc1cccc(C(=O)Nc2cccc(SCC(=O)Nc3cc(C)c(Cl)cc3OC)c2)c1. The van der Waals surface area contributed by atoms with Crippen molar-refractivity contribution in [3.8, 4) is 11.5 Å². The Labute approximate surface area is 196 Å². The first-order valence-electron chi connectivity index (χ1n) is 9.72. The zero-order valence-electron chi connectivity index (χ0n) is 17.9. The lowest BCUT2D eigenvalue weighted by molar-refractivity contribution is -0.113. The van der Waals surface area contributed by atoms with Crippen molar-refractivity contribution in [3.05, 3.63) is 76.8 Å². The number of methoxy groups -OCH3 is 2. The fraction of sp³-hybridized carbons (Fsp3) is 0.167. The fourth-order valence-electron chi connectivity index (χ4n) is 2.90. The highest BCUT2D eigenvalue weighted by Gasteiger charge is 2.12. The highest BCUT2D eigenvalue weighted by Crippen LogP contribution is 2.31. The van der Waals surface area contributed by atoms with Gasteiger partial charge in [0.1, 0.15) is 11.5 Å². The molecule has 2 amide bonds. The number of ether oxygens (including phenoxy) is 2. The summed E-state index contributed by atoms with van der Waals surface area (Å²) in [6.07, 6.45) is 0. The number of amides is 2. The summed E-state index contributed by atoms with van der Waals surface area (Å²) in [4.78, 5) is 25.8. The standard InChI is InChI=1S/C24H23ClN2O4S/c1-15-10-21(22(31-3)13-20(15)25)27-23(28)14-32-19-9-5-7-17(12-19)26-24(29)16-6-4-8-18(11-16)30-2/h4-13H,14H2,1-3H3,(H,26,29)(H,27,28). The molecule has 0 fully saturated rings. The molecule has 0 aliphatic heterocycles. The average Bonchev–Trinajstić information content (AvgIpc) is 2.80. The maximum absolute atomic E-state index is 12.5. The van der Waals surface area contributed by atoms with Crippen LogP contribution in [-0.4, -0.2) is 31.8 Å². The number of benzene rings is 3. The average molecular weight is 471 g/mol. The van der Waals surface area contributed by atoms with Gasteiger partial charge in [0.25, 0.3) is 5.91 Å². The van der Waals surface area contributed by atoms with E-state index in [1.807, 2.05) is 25.1 Å². The van der Waals surface area contributed by atoms with Crippen LogP contribution in [0.25, 0.3) is 0 Å². The molecule has 0 aromatic heterocycles. The number of carbonyl (C=O) groups excluding carboxylic acids is 2. The molecule has 166 valence electrons. The molecule has 8 heteroatoms. The van der Waals surface area contributed by atoms with Crippen LogP contribution in [0, 0.1) is 6.92 Å². The largest absolute Gasteiger partial charge is 0.497 e. The molecule has 3 aromatic rings. The van der Waals surface area contributed by atoms with Crippen LogP contribution in [0.15, 0.2) is 65.6 Å². The normalized spacial score (nSPS) is 10.4. The summed E-state index contributed by atoms with van der Waals surface area (Å²) in [5, 5.41) is 6.29. The first kappa shape index (κ1) is 23.5. The number of rotatable bonds is 8. The summed E-state index contributed by atoms with van der Waals surface area (Å²) in [6.45, 7) is 1.86. The molecule has 32 heavy (non-hydrogen) atoms. The van der Waals surface area contributed by atoms with Crippen molar-refractivity contribution in [2.75, 3.05) is 30.6 Å². The molecule has 6 nitrogen and oxygen atoms in total. The van der Waals surface area contributed by atoms with E-state index in [0.29, 0.717) is 33.5 Å². The molecule has 0 saturated carbocycles.